The minimum Gasteiger partial charge on any atom is -0.497 e. The second-order valence-corrected chi connectivity index (χ2v) is 4.83. The number of aromatic nitrogens is 2. The Kier molecular flexibility index (Phi) is 5.55. The molecule has 1 aromatic heterocycles. The molecule has 2 N–H and O–H groups in total. The summed E-state index contributed by atoms with van der Waals surface area (Å²) in [6, 6.07) is 7.33. The molecule has 0 fully saturated rings. The zero-order valence-corrected chi connectivity index (χ0v) is 12.8. The van der Waals surface area contributed by atoms with Gasteiger partial charge in [0.15, 0.2) is 0 Å². The molecule has 0 aliphatic carbocycles. The van der Waals surface area contributed by atoms with Gasteiger partial charge < -0.3 is 19.6 Å². The fraction of sp³-hybridized carbons (Fsp3) is 0.375. The third kappa shape index (κ3) is 4.08. The van der Waals surface area contributed by atoms with E-state index < -0.39 is 0 Å². The van der Waals surface area contributed by atoms with Gasteiger partial charge in [0, 0.05) is 36.8 Å². The monoisotopic (exact) mass is 304 g/mol. The highest BCUT2D eigenvalue weighted by Gasteiger charge is 2.08. The Bertz CT molecular complexity index is 682. The van der Waals surface area contributed by atoms with E-state index >= 15 is 0 Å². The topological polar surface area (TPSA) is 84.4 Å². The van der Waals surface area contributed by atoms with E-state index in [4.69, 9.17) is 14.6 Å². The van der Waals surface area contributed by atoms with Gasteiger partial charge in [-0.05, 0) is 19.1 Å². The summed E-state index contributed by atoms with van der Waals surface area (Å²) in [5.74, 6) is 2.01. The van der Waals surface area contributed by atoms with E-state index in [1.165, 1.54) is 0 Å². The average Bonchev–Trinajstić information content (AvgIpc) is 2.51. The number of nitrogens with zero attached hydrogens (tertiary/aromatic N) is 1. The van der Waals surface area contributed by atoms with Crippen LogP contribution in [0.15, 0.2) is 29.1 Å². The van der Waals surface area contributed by atoms with Crippen molar-refractivity contribution in [1.82, 2.24) is 9.97 Å². The molecule has 0 saturated carbocycles. The number of H-pyrrole nitrogens is 1. The number of aliphatic hydroxyl groups excluding tert-OH is 1. The summed E-state index contributed by atoms with van der Waals surface area (Å²) in [6.45, 7) is 2.10. The Labute approximate surface area is 128 Å². The molecular weight excluding hydrogens is 284 g/mol. The lowest BCUT2D eigenvalue weighted by Gasteiger charge is -2.09. The predicted molar refractivity (Wildman–Crippen MR) is 82.6 cm³/mol. The minimum atomic E-state index is -0.196. The Morgan fingerprint density at radius 1 is 1.27 bits per heavy atom. The SMILES string of the molecule is COc1cccc(OCCc2nc(C)c(CCO)c(=O)[nH]2)c1. The lowest BCUT2D eigenvalue weighted by molar-refractivity contribution is 0.298. The number of hydrogen-bond donors (Lipinski definition) is 2. The molecule has 0 atom stereocenters. The number of hydrogen-bond acceptors (Lipinski definition) is 5. The van der Waals surface area contributed by atoms with Crippen LogP contribution in [0.2, 0.25) is 0 Å². The minimum absolute atomic E-state index is 0.0656. The number of rotatable bonds is 7. The van der Waals surface area contributed by atoms with Gasteiger partial charge in [-0.2, -0.15) is 0 Å². The maximum Gasteiger partial charge on any atom is 0.254 e. The average molecular weight is 304 g/mol. The van der Waals surface area contributed by atoms with Crippen LogP contribution in [-0.4, -0.2) is 35.4 Å². The van der Waals surface area contributed by atoms with E-state index in [1.54, 1.807) is 20.1 Å². The van der Waals surface area contributed by atoms with Crippen molar-refractivity contribution < 1.29 is 14.6 Å². The summed E-state index contributed by atoms with van der Waals surface area (Å²) in [6.07, 6.45) is 0.807. The molecule has 0 spiro atoms. The molecule has 1 aromatic carbocycles. The van der Waals surface area contributed by atoms with Crippen LogP contribution in [0.5, 0.6) is 11.5 Å². The van der Waals surface area contributed by atoms with Gasteiger partial charge in [-0.3, -0.25) is 4.79 Å². The molecule has 6 nitrogen and oxygen atoms in total. The molecule has 0 aliphatic rings. The first-order chi connectivity index (χ1) is 10.6. The highest BCUT2D eigenvalue weighted by atomic mass is 16.5. The summed E-state index contributed by atoms with van der Waals surface area (Å²) in [5, 5.41) is 8.94. The molecule has 2 aromatic rings. The molecule has 0 radical (unpaired) electrons. The molecule has 0 aliphatic heterocycles. The number of ether oxygens (including phenoxy) is 2. The number of aliphatic hydroxyl groups is 1. The molecule has 0 bridgehead atoms. The van der Waals surface area contributed by atoms with Crippen molar-refractivity contribution >= 4 is 0 Å². The molecule has 0 unspecified atom stereocenters. The van der Waals surface area contributed by atoms with Crippen LogP contribution >= 0.6 is 0 Å². The Morgan fingerprint density at radius 2 is 2.05 bits per heavy atom. The van der Waals surface area contributed by atoms with Gasteiger partial charge in [-0.25, -0.2) is 4.98 Å². The van der Waals surface area contributed by atoms with E-state index in [2.05, 4.69) is 9.97 Å². The molecule has 6 heteroatoms. The Morgan fingerprint density at radius 3 is 2.73 bits per heavy atom. The molecule has 0 amide bonds. The summed E-state index contributed by atoms with van der Waals surface area (Å²) in [4.78, 5) is 19.0. The molecular formula is C16H20N2O4. The normalized spacial score (nSPS) is 10.5. The van der Waals surface area contributed by atoms with Gasteiger partial charge >= 0.3 is 0 Å². The molecule has 118 valence electrons. The number of methoxy groups -OCH3 is 1. The van der Waals surface area contributed by atoms with Crippen LogP contribution < -0.4 is 15.0 Å². The second kappa shape index (κ2) is 7.61. The first-order valence-corrected chi connectivity index (χ1v) is 7.10. The summed E-state index contributed by atoms with van der Waals surface area (Å²) in [7, 11) is 1.60. The highest BCUT2D eigenvalue weighted by Crippen LogP contribution is 2.18. The molecule has 0 saturated heterocycles. The van der Waals surface area contributed by atoms with E-state index in [9.17, 15) is 4.79 Å². The van der Waals surface area contributed by atoms with Crippen LogP contribution in [0.3, 0.4) is 0 Å². The van der Waals surface area contributed by atoms with Crippen molar-refractivity contribution in [3.05, 3.63) is 51.7 Å². The van der Waals surface area contributed by atoms with Crippen molar-refractivity contribution in [2.45, 2.75) is 19.8 Å². The lowest BCUT2D eigenvalue weighted by atomic mass is 10.2. The Hall–Kier alpha value is -2.34. The van der Waals surface area contributed by atoms with Crippen LogP contribution in [0.25, 0.3) is 0 Å². The second-order valence-electron chi connectivity index (χ2n) is 4.83. The van der Waals surface area contributed by atoms with Crippen molar-refractivity contribution in [3.8, 4) is 11.5 Å². The summed E-state index contributed by atoms with van der Waals surface area (Å²) < 4.78 is 10.8. The zero-order chi connectivity index (χ0) is 15.9. The fourth-order valence-corrected chi connectivity index (χ4v) is 2.15. The third-order valence-corrected chi connectivity index (χ3v) is 3.28. The van der Waals surface area contributed by atoms with E-state index in [0.717, 1.165) is 5.75 Å². The summed E-state index contributed by atoms with van der Waals surface area (Å²) >= 11 is 0. The van der Waals surface area contributed by atoms with E-state index in [0.29, 0.717) is 42.3 Å². The highest BCUT2D eigenvalue weighted by molar-refractivity contribution is 5.32. The van der Waals surface area contributed by atoms with Crippen LogP contribution in [-0.2, 0) is 12.8 Å². The molecule has 2 rings (SSSR count). The fourth-order valence-electron chi connectivity index (χ4n) is 2.15. The van der Waals surface area contributed by atoms with Crippen molar-refractivity contribution in [3.63, 3.8) is 0 Å². The molecule has 22 heavy (non-hydrogen) atoms. The van der Waals surface area contributed by atoms with Gasteiger partial charge in [0.1, 0.15) is 17.3 Å². The van der Waals surface area contributed by atoms with E-state index in [1.807, 2.05) is 18.2 Å². The predicted octanol–water partition coefficient (Wildman–Crippen LogP) is 1.24. The maximum atomic E-state index is 11.9. The van der Waals surface area contributed by atoms with Gasteiger partial charge in [-0.1, -0.05) is 6.07 Å². The zero-order valence-electron chi connectivity index (χ0n) is 12.8. The number of benzene rings is 1. The van der Waals surface area contributed by atoms with Crippen LogP contribution in [0.4, 0.5) is 0 Å². The first-order valence-electron chi connectivity index (χ1n) is 7.10. The van der Waals surface area contributed by atoms with Gasteiger partial charge in [-0.15, -0.1) is 0 Å². The third-order valence-electron chi connectivity index (χ3n) is 3.28. The van der Waals surface area contributed by atoms with Gasteiger partial charge in [0.25, 0.3) is 5.56 Å². The number of aromatic amines is 1. The smallest absolute Gasteiger partial charge is 0.254 e. The van der Waals surface area contributed by atoms with Gasteiger partial charge in [0.2, 0.25) is 0 Å². The number of nitrogens with one attached hydrogen (secondary N) is 1. The standard InChI is InChI=1S/C16H20N2O4/c1-11-14(6-8-19)16(20)18-15(17-11)7-9-22-13-5-3-4-12(10-13)21-2/h3-5,10,19H,6-9H2,1-2H3,(H,17,18,20). The molecule has 1 heterocycles. The Balaban J connectivity index is 1.98. The van der Waals surface area contributed by atoms with Crippen molar-refractivity contribution in [1.29, 1.82) is 0 Å². The van der Waals surface area contributed by atoms with Crippen LogP contribution in [0, 0.1) is 6.92 Å². The van der Waals surface area contributed by atoms with Crippen LogP contribution in [0.1, 0.15) is 17.1 Å². The van der Waals surface area contributed by atoms with E-state index in [-0.39, 0.29) is 12.2 Å². The lowest BCUT2D eigenvalue weighted by Crippen LogP contribution is -2.21. The number of aryl methyl sites for hydroxylation is 1. The van der Waals surface area contributed by atoms with Gasteiger partial charge in [0.05, 0.1) is 13.7 Å². The largest absolute Gasteiger partial charge is 0.497 e. The summed E-state index contributed by atoms with van der Waals surface area (Å²) in [5.41, 5.74) is 0.979. The quantitative estimate of drug-likeness (QED) is 0.804. The first kappa shape index (κ1) is 16.0. The van der Waals surface area contributed by atoms with Crippen molar-refractivity contribution in [2.75, 3.05) is 20.3 Å². The van der Waals surface area contributed by atoms with Crippen molar-refractivity contribution in [2.24, 2.45) is 0 Å². The maximum absolute atomic E-state index is 11.9.